The average Bonchev–Trinajstić information content (AvgIpc) is 3.30. The van der Waals surface area contributed by atoms with Gasteiger partial charge in [0.05, 0.1) is 31.0 Å². The van der Waals surface area contributed by atoms with Crippen LogP contribution in [-0.4, -0.2) is 35.1 Å². The standard InChI is InChI=1S/C18H20N6O/c1-12-13(2)19-11-20-17(12)18(25)24-8-14-15(9-23-6-4-5-7-23)21-22(3)16(14)10-24/h4-7,11H,8-10H2,1-3H3. The maximum Gasteiger partial charge on any atom is 0.273 e. The van der Waals surface area contributed by atoms with Crippen molar-refractivity contribution < 1.29 is 4.79 Å². The summed E-state index contributed by atoms with van der Waals surface area (Å²) in [7, 11) is 1.94. The fourth-order valence-corrected chi connectivity index (χ4v) is 3.29. The van der Waals surface area contributed by atoms with E-state index in [0.29, 0.717) is 25.3 Å². The number of carbonyl (C=O) groups is 1. The van der Waals surface area contributed by atoms with Crippen molar-refractivity contribution in [3.63, 3.8) is 0 Å². The Labute approximate surface area is 145 Å². The monoisotopic (exact) mass is 336 g/mol. The number of nitrogens with zero attached hydrogens (tertiary/aromatic N) is 6. The number of aromatic nitrogens is 5. The predicted octanol–water partition coefficient (Wildman–Crippen LogP) is 1.83. The highest BCUT2D eigenvalue weighted by Crippen LogP contribution is 2.27. The van der Waals surface area contributed by atoms with Gasteiger partial charge in [-0.25, -0.2) is 9.97 Å². The molecule has 0 aliphatic carbocycles. The highest BCUT2D eigenvalue weighted by Gasteiger charge is 2.31. The van der Waals surface area contributed by atoms with Gasteiger partial charge >= 0.3 is 0 Å². The Bertz CT molecular complexity index is 941. The van der Waals surface area contributed by atoms with Crippen molar-refractivity contribution in [2.24, 2.45) is 7.05 Å². The molecule has 0 radical (unpaired) electrons. The fraction of sp³-hybridized carbons (Fsp3) is 0.333. The molecule has 128 valence electrons. The predicted molar refractivity (Wildman–Crippen MR) is 91.8 cm³/mol. The highest BCUT2D eigenvalue weighted by atomic mass is 16.2. The number of aryl methyl sites for hydroxylation is 2. The van der Waals surface area contributed by atoms with E-state index in [0.717, 1.165) is 28.2 Å². The molecule has 7 heteroatoms. The van der Waals surface area contributed by atoms with Crippen LogP contribution in [-0.2, 0) is 26.7 Å². The second-order valence-corrected chi connectivity index (χ2v) is 6.44. The summed E-state index contributed by atoms with van der Waals surface area (Å²) in [4.78, 5) is 23.1. The van der Waals surface area contributed by atoms with E-state index in [1.54, 1.807) is 0 Å². The van der Waals surface area contributed by atoms with Crippen molar-refractivity contribution >= 4 is 5.91 Å². The van der Waals surface area contributed by atoms with Crippen molar-refractivity contribution in [3.05, 3.63) is 64.8 Å². The van der Waals surface area contributed by atoms with Crippen LogP contribution in [0.15, 0.2) is 30.9 Å². The van der Waals surface area contributed by atoms with Crippen LogP contribution < -0.4 is 0 Å². The number of amides is 1. The molecule has 1 aliphatic heterocycles. The number of hydrogen-bond acceptors (Lipinski definition) is 4. The van der Waals surface area contributed by atoms with E-state index in [9.17, 15) is 4.79 Å². The molecule has 0 saturated heterocycles. The lowest BCUT2D eigenvalue weighted by Crippen LogP contribution is -2.28. The van der Waals surface area contributed by atoms with E-state index >= 15 is 0 Å². The van der Waals surface area contributed by atoms with Crippen LogP contribution in [0.25, 0.3) is 0 Å². The summed E-state index contributed by atoms with van der Waals surface area (Å²) in [5.41, 5.74) is 5.42. The van der Waals surface area contributed by atoms with E-state index < -0.39 is 0 Å². The van der Waals surface area contributed by atoms with Gasteiger partial charge in [0.2, 0.25) is 0 Å². The van der Waals surface area contributed by atoms with Gasteiger partial charge in [-0.1, -0.05) is 0 Å². The molecule has 0 bridgehead atoms. The summed E-state index contributed by atoms with van der Waals surface area (Å²) in [6, 6.07) is 4.00. The van der Waals surface area contributed by atoms with Gasteiger partial charge in [-0.2, -0.15) is 5.10 Å². The van der Waals surface area contributed by atoms with Crippen LogP contribution in [0.3, 0.4) is 0 Å². The molecule has 0 saturated carbocycles. The zero-order valence-corrected chi connectivity index (χ0v) is 14.6. The first-order chi connectivity index (χ1) is 12.0. The highest BCUT2D eigenvalue weighted by molar-refractivity contribution is 5.94. The van der Waals surface area contributed by atoms with Crippen LogP contribution in [0.1, 0.15) is 38.7 Å². The third kappa shape index (κ3) is 2.61. The van der Waals surface area contributed by atoms with Gasteiger partial charge in [0, 0.05) is 36.3 Å². The minimum absolute atomic E-state index is 0.0499. The van der Waals surface area contributed by atoms with E-state index in [1.165, 1.54) is 6.33 Å². The summed E-state index contributed by atoms with van der Waals surface area (Å²) >= 11 is 0. The van der Waals surface area contributed by atoms with Crippen molar-refractivity contribution in [3.8, 4) is 0 Å². The molecule has 3 aromatic rings. The molecule has 7 nitrogen and oxygen atoms in total. The zero-order chi connectivity index (χ0) is 17.6. The largest absolute Gasteiger partial charge is 0.348 e. The summed E-state index contributed by atoms with van der Waals surface area (Å²) in [5.74, 6) is -0.0499. The molecule has 4 rings (SSSR count). The Morgan fingerprint density at radius 2 is 1.92 bits per heavy atom. The molecular formula is C18H20N6O. The lowest BCUT2D eigenvalue weighted by Gasteiger charge is -2.17. The molecule has 1 aliphatic rings. The molecule has 25 heavy (non-hydrogen) atoms. The molecule has 4 heterocycles. The topological polar surface area (TPSA) is 68.8 Å². The van der Waals surface area contributed by atoms with Crippen molar-refractivity contribution in [1.82, 2.24) is 29.2 Å². The molecule has 0 atom stereocenters. The Morgan fingerprint density at radius 3 is 2.68 bits per heavy atom. The molecule has 0 unspecified atom stereocenters. The van der Waals surface area contributed by atoms with Gasteiger partial charge in [0.25, 0.3) is 5.91 Å². The summed E-state index contributed by atoms with van der Waals surface area (Å²) in [5, 5.41) is 4.64. The van der Waals surface area contributed by atoms with Gasteiger partial charge in [-0.15, -0.1) is 0 Å². The Hall–Kier alpha value is -2.96. The molecule has 0 aromatic carbocycles. The maximum absolute atomic E-state index is 12.9. The van der Waals surface area contributed by atoms with Crippen LogP contribution >= 0.6 is 0 Å². The smallest absolute Gasteiger partial charge is 0.273 e. The second kappa shape index (κ2) is 5.84. The lowest BCUT2D eigenvalue weighted by molar-refractivity contribution is 0.0741. The fourth-order valence-electron chi connectivity index (χ4n) is 3.29. The Morgan fingerprint density at radius 1 is 1.16 bits per heavy atom. The van der Waals surface area contributed by atoms with Crippen LogP contribution in [0, 0.1) is 13.8 Å². The van der Waals surface area contributed by atoms with Crippen molar-refractivity contribution in [1.29, 1.82) is 0 Å². The Kier molecular flexibility index (Phi) is 3.63. The number of fused-ring (bicyclic) bond motifs is 1. The summed E-state index contributed by atoms with van der Waals surface area (Å²) in [6.07, 6.45) is 5.50. The molecule has 1 amide bonds. The van der Waals surface area contributed by atoms with E-state index in [-0.39, 0.29) is 5.91 Å². The minimum atomic E-state index is -0.0499. The van der Waals surface area contributed by atoms with Gasteiger partial charge in [0.1, 0.15) is 12.0 Å². The number of hydrogen-bond donors (Lipinski definition) is 0. The SMILES string of the molecule is Cc1ncnc(C(=O)N2Cc3c(Cn4cccc4)nn(C)c3C2)c1C. The summed E-state index contributed by atoms with van der Waals surface area (Å²) < 4.78 is 3.98. The minimum Gasteiger partial charge on any atom is -0.348 e. The van der Waals surface area contributed by atoms with Crippen molar-refractivity contribution in [2.75, 3.05) is 0 Å². The van der Waals surface area contributed by atoms with Crippen LogP contribution in [0.5, 0.6) is 0 Å². The van der Waals surface area contributed by atoms with E-state index in [2.05, 4.69) is 19.6 Å². The number of rotatable bonds is 3. The summed E-state index contributed by atoms with van der Waals surface area (Å²) in [6.45, 7) is 5.63. The van der Waals surface area contributed by atoms with E-state index in [4.69, 9.17) is 0 Å². The molecule has 3 aromatic heterocycles. The van der Waals surface area contributed by atoms with Gasteiger partial charge in [-0.3, -0.25) is 9.48 Å². The first-order valence-electron chi connectivity index (χ1n) is 8.26. The Balaban J connectivity index is 1.61. The molecule has 0 spiro atoms. The molecule has 0 fully saturated rings. The first kappa shape index (κ1) is 15.6. The van der Waals surface area contributed by atoms with Gasteiger partial charge < -0.3 is 9.47 Å². The third-order valence-electron chi connectivity index (χ3n) is 4.87. The zero-order valence-electron chi connectivity index (χ0n) is 14.6. The van der Waals surface area contributed by atoms with Gasteiger partial charge in [0.15, 0.2) is 0 Å². The molecule has 0 N–H and O–H groups in total. The average molecular weight is 336 g/mol. The maximum atomic E-state index is 12.9. The van der Waals surface area contributed by atoms with Crippen molar-refractivity contribution in [2.45, 2.75) is 33.5 Å². The lowest BCUT2D eigenvalue weighted by atomic mass is 10.1. The van der Waals surface area contributed by atoms with Crippen LogP contribution in [0.4, 0.5) is 0 Å². The third-order valence-corrected chi connectivity index (χ3v) is 4.87. The number of carbonyl (C=O) groups excluding carboxylic acids is 1. The quantitative estimate of drug-likeness (QED) is 0.732. The first-order valence-corrected chi connectivity index (χ1v) is 8.26. The van der Waals surface area contributed by atoms with Crippen LogP contribution in [0.2, 0.25) is 0 Å². The normalized spacial score (nSPS) is 13.3. The molecular weight excluding hydrogens is 316 g/mol. The van der Waals surface area contributed by atoms with Gasteiger partial charge in [-0.05, 0) is 26.0 Å². The van der Waals surface area contributed by atoms with E-state index in [1.807, 2.05) is 55.0 Å². The second-order valence-electron chi connectivity index (χ2n) is 6.44.